The molecule has 0 radical (unpaired) electrons. The first kappa shape index (κ1) is 17.9. The van der Waals surface area contributed by atoms with Gasteiger partial charge in [0, 0.05) is 17.7 Å². The second kappa shape index (κ2) is 8.48. The topological polar surface area (TPSA) is 29.1 Å². The van der Waals surface area contributed by atoms with Crippen molar-refractivity contribution in [2.75, 3.05) is 5.32 Å². The van der Waals surface area contributed by atoms with Crippen molar-refractivity contribution in [1.29, 1.82) is 0 Å². The number of rotatable bonds is 7. The van der Waals surface area contributed by atoms with Crippen LogP contribution in [0.4, 0.5) is 5.69 Å². The fourth-order valence-electron chi connectivity index (χ4n) is 3.02. The van der Waals surface area contributed by atoms with Gasteiger partial charge in [-0.05, 0) is 36.6 Å². The van der Waals surface area contributed by atoms with E-state index in [1.54, 1.807) is 0 Å². The Labute approximate surface area is 155 Å². The number of hydrogen-bond donors (Lipinski definition) is 1. The highest BCUT2D eigenvalue weighted by Crippen LogP contribution is 2.25. The molecule has 2 nitrogen and oxygen atoms in total. The van der Waals surface area contributed by atoms with Crippen LogP contribution in [-0.4, -0.2) is 5.78 Å². The molecule has 0 heterocycles. The summed E-state index contributed by atoms with van der Waals surface area (Å²) in [5.41, 5.74) is 5.39. The molecule has 3 aromatic carbocycles. The molecule has 132 valence electrons. The smallest absolute Gasteiger partial charge is 0.165 e. The van der Waals surface area contributed by atoms with Crippen LogP contribution in [0, 0.1) is 6.92 Å². The lowest BCUT2D eigenvalue weighted by Gasteiger charge is -2.20. The first-order valence-corrected chi connectivity index (χ1v) is 9.16. The summed E-state index contributed by atoms with van der Waals surface area (Å²) in [6.45, 7) is 4.18. The van der Waals surface area contributed by atoms with Gasteiger partial charge >= 0.3 is 0 Å². The Balaban J connectivity index is 1.81. The van der Waals surface area contributed by atoms with Gasteiger partial charge in [0.25, 0.3) is 0 Å². The zero-order chi connectivity index (χ0) is 18.4. The number of aryl methyl sites for hydroxylation is 2. The molecule has 3 rings (SSSR count). The van der Waals surface area contributed by atoms with Gasteiger partial charge in [0.05, 0.1) is 6.04 Å². The minimum absolute atomic E-state index is 0.0579. The van der Waals surface area contributed by atoms with Crippen LogP contribution in [0.15, 0.2) is 78.9 Å². The Morgan fingerprint density at radius 2 is 1.54 bits per heavy atom. The summed E-state index contributed by atoms with van der Waals surface area (Å²) in [6.07, 6.45) is 1.44. The van der Waals surface area contributed by atoms with Gasteiger partial charge in [-0.25, -0.2) is 0 Å². The van der Waals surface area contributed by atoms with Crippen molar-refractivity contribution in [2.24, 2.45) is 0 Å². The molecular weight excluding hydrogens is 318 g/mol. The van der Waals surface area contributed by atoms with E-state index in [-0.39, 0.29) is 11.8 Å². The Bertz CT molecular complexity index is 836. The highest BCUT2D eigenvalue weighted by Gasteiger charge is 2.17. The average Bonchev–Trinajstić information content (AvgIpc) is 2.69. The molecule has 0 aliphatic carbocycles. The number of benzene rings is 3. The van der Waals surface area contributed by atoms with Gasteiger partial charge in [-0.15, -0.1) is 0 Å². The minimum atomic E-state index is -0.0579. The zero-order valence-electron chi connectivity index (χ0n) is 15.4. The van der Waals surface area contributed by atoms with Crippen molar-refractivity contribution in [1.82, 2.24) is 0 Å². The van der Waals surface area contributed by atoms with Crippen molar-refractivity contribution in [3.8, 4) is 0 Å². The molecule has 0 aliphatic heterocycles. The summed E-state index contributed by atoms with van der Waals surface area (Å²) in [7, 11) is 0. The molecule has 1 unspecified atom stereocenters. The first-order chi connectivity index (χ1) is 12.7. The highest BCUT2D eigenvalue weighted by molar-refractivity contribution is 5.96. The van der Waals surface area contributed by atoms with Gasteiger partial charge in [0.1, 0.15) is 0 Å². The van der Waals surface area contributed by atoms with Crippen LogP contribution < -0.4 is 5.32 Å². The quantitative estimate of drug-likeness (QED) is 0.534. The number of ketones is 1. The van der Waals surface area contributed by atoms with Crippen LogP contribution in [0.1, 0.15) is 46.4 Å². The molecule has 1 N–H and O–H groups in total. The van der Waals surface area contributed by atoms with E-state index in [0.29, 0.717) is 6.42 Å². The number of carbonyl (C=O) groups excluding carboxylic acids is 1. The predicted octanol–water partition coefficient (Wildman–Crippen LogP) is 5.98. The molecule has 0 spiro atoms. The summed E-state index contributed by atoms with van der Waals surface area (Å²) in [6, 6.07) is 26.3. The lowest BCUT2D eigenvalue weighted by atomic mass is 9.97. The van der Waals surface area contributed by atoms with Gasteiger partial charge < -0.3 is 5.32 Å². The summed E-state index contributed by atoms with van der Waals surface area (Å²) < 4.78 is 0. The fraction of sp³-hybridized carbons (Fsp3) is 0.208. The molecule has 0 amide bonds. The molecule has 0 aliphatic rings. The first-order valence-electron chi connectivity index (χ1n) is 9.16. The largest absolute Gasteiger partial charge is 0.378 e. The van der Waals surface area contributed by atoms with Gasteiger partial charge in [-0.3, -0.25) is 4.79 Å². The predicted molar refractivity (Wildman–Crippen MR) is 109 cm³/mol. The average molecular weight is 343 g/mol. The highest BCUT2D eigenvalue weighted by atomic mass is 16.1. The van der Waals surface area contributed by atoms with Gasteiger partial charge in [-0.2, -0.15) is 0 Å². The second-order valence-electron chi connectivity index (χ2n) is 6.65. The third-order valence-electron chi connectivity index (χ3n) is 4.67. The summed E-state index contributed by atoms with van der Waals surface area (Å²) in [4.78, 5) is 12.8. The number of hydrogen-bond acceptors (Lipinski definition) is 2. The Hall–Kier alpha value is -2.87. The van der Waals surface area contributed by atoms with Gasteiger partial charge in [0.15, 0.2) is 5.78 Å². The normalized spacial score (nSPS) is 11.8. The molecular formula is C24H25NO. The van der Waals surface area contributed by atoms with Crippen molar-refractivity contribution in [3.05, 3.63) is 101 Å². The standard InChI is InChI=1S/C24H25NO/c1-3-19-11-15-22(16-12-19)25-23(20-7-5-4-6-8-20)17-24(26)21-13-9-18(2)10-14-21/h4-16,23,25H,3,17H2,1-2H3. The Morgan fingerprint density at radius 3 is 2.15 bits per heavy atom. The van der Waals surface area contributed by atoms with Crippen LogP contribution >= 0.6 is 0 Å². The molecule has 26 heavy (non-hydrogen) atoms. The maximum Gasteiger partial charge on any atom is 0.165 e. The van der Waals surface area contributed by atoms with E-state index in [1.165, 1.54) is 5.56 Å². The molecule has 3 aromatic rings. The molecule has 2 heteroatoms. The molecule has 0 bridgehead atoms. The Kier molecular flexibility index (Phi) is 5.85. The van der Waals surface area contributed by atoms with E-state index in [4.69, 9.17) is 0 Å². The maximum atomic E-state index is 12.8. The van der Waals surface area contributed by atoms with Gasteiger partial charge in [-0.1, -0.05) is 79.2 Å². The van der Waals surface area contributed by atoms with Crippen molar-refractivity contribution < 1.29 is 4.79 Å². The summed E-state index contributed by atoms with van der Waals surface area (Å²) >= 11 is 0. The second-order valence-corrected chi connectivity index (χ2v) is 6.65. The monoisotopic (exact) mass is 343 g/mol. The van der Waals surface area contributed by atoms with E-state index in [1.807, 2.05) is 49.4 Å². The van der Waals surface area contributed by atoms with Crippen LogP contribution in [0.25, 0.3) is 0 Å². The van der Waals surface area contributed by atoms with Crippen molar-refractivity contribution in [3.63, 3.8) is 0 Å². The van der Waals surface area contributed by atoms with Crippen LogP contribution in [-0.2, 0) is 6.42 Å². The number of anilines is 1. The molecule has 0 saturated heterocycles. The summed E-state index contributed by atoms with van der Waals surface area (Å²) in [5, 5.41) is 3.54. The third-order valence-corrected chi connectivity index (χ3v) is 4.67. The van der Waals surface area contributed by atoms with E-state index in [0.717, 1.165) is 28.8 Å². The lowest BCUT2D eigenvalue weighted by Crippen LogP contribution is -2.15. The van der Waals surface area contributed by atoms with E-state index in [2.05, 4.69) is 48.6 Å². The molecule has 1 atom stereocenters. The van der Waals surface area contributed by atoms with Gasteiger partial charge in [0.2, 0.25) is 0 Å². The van der Waals surface area contributed by atoms with E-state index in [9.17, 15) is 4.79 Å². The lowest BCUT2D eigenvalue weighted by molar-refractivity contribution is 0.0976. The molecule has 0 fully saturated rings. The van der Waals surface area contributed by atoms with Crippen LogP contribution in [0.2, 0.25) is 0 Å². The van der Waals surface area contributed by atoms with Crippen molar-refractivity contribution in [2.45, 2.75) is 32.7 Å². The summed E-state index contributed by atoms with van der Waals surface area (Å²) in [5.74, 6) is 0.150. The minimum Gasteiger partial charge on any atom is -0.378 e. The van der Waals surface area contributed by atoms with Crippen molar-refractivity contribution >= 4 is 11.5 Å². The number of carbonyl (C=O) groups is 1. The van der Waals surface area contributed by atoms with Crippen LogP contribution in [0.3, 0.4) is 0 Å². The third kappa shape index (κ3) is 4.60. The van der Waals surface area contributed by atoms with E-state index >= 15 is 0 Å². The fourth-order valence-corrected chi connectivity index (χ4v) is 3.02. The Morgan fingerprint density at radius 1 is 0.885 bits per heavy atom. The maximum absolute atomic E-state index is 12.8. The van der Waals surface area contributed by atoms with Crippen LogP contribution in [0.5, 0.6) is 0 Å². The van der Waals surface area contributed by atoms with E-state index < -0.39 is 0 Å². The SMILES string of the molecule is CCc1ccc(NC(CC(=O)c2ccc(C)cc2)c2ccccc2)cc1. The molecule has 0 aromatic heterocycles. The number of nitrogens with one attached hydrogen (secondary N) is 1. The molecule has 0 saturated carbocycles. The number of Topliss-reactive ketones (excluding diaryl/α,β-unsaturated/α-hetero) is 1. The zero-order valence-corrected chi connectivity index (χ0v) is 15.4.